The van der Waals surface area contributed by atoms with Crippen LogP contribution in [0.1, 0.15) is 32.3 Å². The lowest BCUT2D eigenvalue weighted by atomic mass is 10.1. The fourth-order valence-corrected chi connectivity index (χ4v) is 5.21. The molecule has 0 saturated carbocycles. The summed E-state index contributed by atoms with van der Waals surface area (Å²) in [5, 5.41) is 0. The van der Waals surface area contributed by atoms with E-state index >= 15 is 0 Å². The molecule has 1 fully saturated rings. The van der Waals surface area contributed by atoms with E-state index in [4.69, 9.17) is 9.72 Å². The van der Waals surface area contributed by atoms with Crippen molar-refractivity contribution in [3.8, 4) is 0 Å². The summed E-state index contributed by atoms with van der Waals surface area (Å²) in [6, 6.07) is 8.66. The van der Waals surface area contributed by atoms with Gasteiger partial charge < -0.3 is 14.2 Å². The third-order valence-corrected chi connectivity index (χ3v) is 7.25. The van der Waals surface area contributed by atoms with Crippen molar-refractivity contribution < 1.29 is 4.74 Å². The quantitative estimate of drug-likeness (QED) is 0.517. The van der Waals surface area contributed by atoms with Gasteiger partial charge in [0.15, 0.2) is 11.2 Å². The number of imidazole rings is 1. The standard InChI is InChI=1S/C26H36N6O3/c1-4-5-6-20-7-9-21(10-8-20)31-17-19(2)18-32-22-23(27-25(31)32)28(3)26(34)30(24(22)33)12-11-29-13-15-35-16-14-29/h7-10,19H,4-6,11-18H2,1-3H3. The third-order valence-electron chi connectivity index (χ3n) is 7.25. The lowest BCUT2D eigenvalue weighted by Crippen LogP contribution is -2.44. The molecule has 5 rings (SSSR count). The van der Waals surface area contributed by atoms with E-state index in [0.29, 0.717) is 49.9 Å². The molecule has 1 aromatic carbocycles. The highest BCUT2D eigenvalue weighted by Crippen LogP contribution is 2.33. The number of nitrogens with zero attached hydrogens (tertiary/aromatic N) is 6. The molecule has 0 bridgehead atoms. The predicted octanol–water partition coefficient (Wildman–Crippen LogP) is 2.36. The molecular weight excluding hydrogens is 444 g/mol. The Morgan fingerprint density at radius 1 is 1.06 bits per heavy atom. The van der Waals surface area contributed by atoms with Crippen LogP contribution >= 0.6 is 0 Å². The first-order chi connectivity index (χ1) is 17.0. The van der Waals surface area contributed by atoms with Crippen molar-refractivity contribution in [2.75, 3.05) is 44.3 Å². The number of aromatic nitrogens is 4. The average molecular weight is 481 g/mol. The van der Waals surface area contributed by atoms with Gasteiger partial charge >= 0.3 is 5.69 Å². The Labute approximate surface area is 205 Å². The van der Waals surface area contributed by atoms with Crippen LogP contribution in [0.4, 0.5) is 11.6 Å². The summed E-state index contributed by atoms with van der Waals surface area (Å²) in [6.45, 7) is 9.95. The van der Waals surface area contributed by atoms with Gasteiger partial charge in [0.1, 0.15) is 0 Å². The van der Waals surface area contributed by atoms with E-state index in [1.165, 1.54) is 27.5 Å². The zero-order chi connectivity index (χ0) is 24.5. The topological polar surface area (TPSA) is 77.5 Å². The zero-order valence-electron chi connectivity index (χ0n) is 21.1. The average Bonchev–Trinajstić information content (AvgIpc) is 3.26. The maximum Gasteiger partial charge on any atom is 0.332 e. The monoisotopic (exact) mass is 480 g/mol. The maximum absolute atomic E-state index is 13.6. The molecule has 0 amide bonds. The largest absolute Gasteiger partial charge is 0.379 e. The Hall–Kier alpha value is -2.91. The van der Waals surface area contributed by atoms with E-state index in [-0.39, 0.29) is 11.2 Å². The summed E-state index contributed by atoms with van der Waals surface area (Å²) in [7, 11) is 1.71. The van der Waals surface area contributed by atoms with E-state index in [0.717, 1.165) is 37.7 Å². The van der Waals surface area contributed by atoms with Crippen LogP contribution < -0.4 is 16.1 Å². The molecule has 2 aromatic heterocycles. The molecule has 0 N–H and O–H groups in total. The van der Waals surface area contributed by atoms with Crippen molar-refractivity contribution in [2.45, 2.75) is 46.2 Å². The number of rotatable bonds is 7. The Morgan fingerprint density at radius 2 is 1.80 bits per heavy atom. The summed E-state index contributed by atoms with van der Waals surface area (Å²) >= 11 is 0. The molecule has 9 nitrogen and oxygen atoms in total. The molecule has 0 spiro atoms. The molecule has 0 radical (unpaired) electrons. The van der Waals surface area contributed by atoms with Crippen molar-refractivity contribution in [2.24, 2.45) is 13.0 Å². The fraction of sp³-hybridized carbons (Fsp3) is 0.577. The molecule has 9 heteroatoms. The van der Waals surface area contributed by atoms with Gasteiger partial charge in [-0.2, -0.15) is 4.98 Å². The van der Waals surface area contributed by atoms with Crippen LogP contribution in [-0.4, -0.2) is 63.0 Å². The second kappa shape index (κ2) is 9.99. The summed E-state index contributed by atoms with van der Waals surface area (Å²) in [5.74, 6) is 1.07. The van der Waals surface area contributed by atoms with E-state index in [1.54, 1.807) is 7.05 Å². The number of morpholine rings is 1. The number of aryl methyl sites for hydroxylation is 2. The minimum Gasteiger partial charge on any atom is -0.379 e. The Morgan fingerprint density at radius 3 is 2.51 bits per heavy atom. The number of unbranched alkanes of at least 4 members (excludes halogenated alkanes) is 1. The van der Waals surface area contributed by atoms with Gasteiger partial charge in [0, 0.05) is 52.0 Å². The third kappa shape index (κ3) is 4.54. The van der Waals surface area contributed by atoms with Crippen LogP contribution in [-0.2, 0) is 31.3 Å². The van der Waals surface area contributed by atoms with E-state index in [9.17, 15) is 9.59 Å². The van der Waals surface area contributed by atoms with Crippen molar-refractivity contribution in [3.63, 3.8) is 0 Å². The van der Waals surface area contributed by atoms with Crippen molar-refractivity contribution >= 4 is 22.8 Å². The van der Waals surface area contributed by atoms with Gasteiger partial charge in [-0.05, 0) is 36.5 Å². The fourth-order valence-electron chi connectivity index (χ4n) is 5.21. The first-order valence-corrected chi connectivity index (χ1v) is 12.8. The molecule has 4 heterocycles. The first kappa shape index (κ1) is 23.8. The van der Waals surface area contributed by atoms with Crippen molar-refractivity contribution in [3.05, 3.63) is 50.7 Å². The molecule has 3 aromatic rings. The molecule has 35 heavy (non-hydrogen) atoms. The van der Waals surface area contributed by atoms with Crippen LogP contribution in [0.3, 0.4) is 0 Å². The van der Waals surface area contributed by atoms with E-state index in [1.807, 2.05) is 4.57 Å². The molecule has 2 aliphatic rings. The summed E-state index contributed by atoms with van der Waals surface area (Å²) in [4.78, 5) is 36.0. The summed E-state index contributed by atoms with van der Waals surface area (Å²) < 4.78 is 10.3. The highest BCUT2D eigenvalue weighted by Gasteiger charge is 2.30. The normalized spacial score (nSPS) is 18.8. The Bertz CT molecular complexity index is 1300. The van der Waals surface area contributed by atoms with Crippen LogP contribution in [0.25, 0.3) is 11.2 Å². The molecular formula is C26H36N6O3. The number of benzene rings is 1. The van der Waals surface area contributed by atoms with Gasteiger partial charge in [0.2, 0.25) is 5.95 Å². The minimum atomic E-state index is -0.314. The Kier molecular flexibility index (Phi) is 6.80. The number of anilines is 2. The summed E-state index contributed by atoms with van der Waals surface area (Å²) in [5.41, 5.74) is 2.80. The van der Waals surface area contributed by atoms with Gasteiger partial charge in [-0.1, -0.05) is 32.4 Å². The maximum atomic E-state index is 13.6. The van der Waals surface area contributed by atoms with Crippen LogP contribution in [0.5, 0.6) is 0 Å². The van der Waals surface area contributed by atoms with Gasteiger partial charge in [0.25, 0.3) is 5.56 Å². The number of hydrogen-bond donors (Lipinski definition) is 0. The SMILES string of the molecule is CCCCc1ccc(N2CC(C)Cn3c2nc2c3c(=O)n(CCN3CCOCC3)c(=O)n2C)cc1. The molecule has 2 aliphatic heterocycles. The van der Waals surface area contributed by atoms with Crippen LogP contribution in [0.15, 0.2) is 33.9 Å². The number of ether oxygens (including phenoxy) is 1. The van der Waals surface area contributed by atoms with Crippen LogP contribution in [0, 0.1) is 5.92 Å². The highest BCUT2D eigenvalue weighted by molar-refractivity contribution is 5.77. The second-order valence-corrected chi connectivity index (χ2v) is 9.93. The molecule has 1 unspecified atom stereocenters. The number of hydrogen-bond acceptors (Lipinski definition) is 6. The smallest absolute Gasteiger partial charge is 0.332 e. The lowest BCUT2D eigenvalue weighted by Gasteiger charge is -2.33. The first-order valence-electron chi connectivity index (χ1n) is 12.8. The van der Waals surface area contributed by atoms with Gasteiger partial charge in [-0.15, -0.1) is 0 Å². The van der Waals surface area contributed by atoms with E-state index in [2.05, 4.69) is 47.9 Å². The van der Waals surface area contributed by atoms with Gasteiger partial charge in [-0.25, -0.2) is 4.79 Å². The van der Waals surface area contributed by atoms with Gasteiger partial charge in [0.05, 0.1) is 13.2 Å². The summed E-state index contributed by atoms with van der Waals surface area (Å²) in [6.07, 6.45) is 3.44. The number of fused-ring (bicyclic) bond motifs is 3. The predicted molar refractivity (Wildman–Crippen MR) is 138 cm³/mol. The zero-order valence-corrected chi connectivity index (χ0v) is 21.1. The van der Waals surface area contributed by atoms with Gasteiger partial charge in [-0.3, -0.25) is 18.8 Å². The second-order valence-electron chi connectivity index (χ2n) is 9.93. The van der Waals surface area contributed by atoms with Crippen LogP contribution in [0.2, 0.25) is 0 Å². The highest BCUT2D eigenvalue weighted by atomic mass is 16.5. The minimum absolute atomic E-state index is 0.251. The molecule has 1 atom stereocenters. The van der Waals surface area contributed by atoms with E-state index < -0.39 is 0 Å². The van der Waals surface area contributed by atoms with Crippen molar-refractivity contribution in [1.82, 2.24) is 23.6 Å². The molecule has 188 valence electrons. The lowest BCUT2D eigenvalue weighted by molar-refractivity contribution is 0.0361. The molecule has 0 aliphatic carbocycles. The molecule has 1 saturated heterocycles. The Balaban J connectivity index is 1.53. The van der Waals surface area contributed by atoms with Crippen molar-refractivity contribution in [1.29, 1.82) is 0 Å².